The summed E-state index contributed by atoms with van der Waals surface area (Å²) in [6.45, 7) is 5.11. The van der Waals surface area contributed by atoms with Crippen LogP contribution in [0.15, 0.2) is 146 Å². The SMILES string of the molecule is CN(CCN1CCC(N(C(=O)O)c2ccccc2-c2ccccc2)CC1)C(=O)CCCCN(C)c1ccc(C(=O)N(C)CCCN(C)C(=O)CO[C@H]2Cc3ccccc3C23CCN(CC[C@]2(c4ccc(F)cc4)CN(C(=O)c4cc(C(F)(F)F)cc(C(F)(F)F)c4)CO2)CC3)cc1. The van der Waals surface area contributed by atoms with Gasteiger partial charge in [0.05, 0.1) is 29.5 Å². The first-order valence-corrected chi connectivity index (χ1v) is 33.2. The van der Waals surface area contributed by atoms with E-state index < -0.39 is 64.6 Å². The summed E-state index contributed by atoms with van der Waals surface area (Å²) in [6, 6.07) is 39.1. The van der Waals surface area contributed by atoms with Crippen molar-refractivity contribution in [3.8, 4) is 11.1 Å². The molecule has 3 saturated heterocycles. The van der Waals surface area contributed by atoms with Crippen LogP contribution in [0.1, 0.15) is 106 Å². The number of carbonyl (C=O) groups is 5. The summed E-state index contributed by atoms with van der Waals surface area (Å²) < 4.78 is 110. The number of hydrogen-bond acceptors (Lipinski definition) is 10. The number of anilines is 2. The van der Waals surface area contributed by atoms with Crippen LogP contribution in [0.3, 0.4) is 0 Å². The molecule has 1 spiro atoms. The number of para-hydroxylation sites is 1. The quantitative estimate of drug-likeness (QED) is 0.0431. The van der Waals surface area contributed by atoms with E-state index in [4.69, 9.17) is 9.47 Å². The molecule has 1 aliphatic carbocycles. The number of fused-ring (bicyclic) bond motifs is 2. The molecule has 3 heterocycles. The maximum absolute atomic E-state index is 14.2. The Hall–Kier alpha value is -8.38. The first kappa shape index (κ1) is 71.4. The molecule has 6 aromatic carbocycles. The number of benzene rings is 6. The molecular weight excluding hydrogens is 1260 g/mol. The number of unbranched alkanes of at least 4 members (excludes halogenated alkanes) is 1. The van der Waals surface area contributed by atoms with E-state index in [1.165, 1.54) is 29.2 Å². The highest BCUT2D eigenvalue weighted by Gasteiger charge is 2.50. The molecule has 97 heavy (non-hydrogen) atoms. The van der Waals surface area contributed by atoms with Crippen molar-refractivity contribution in [3.05, 3.63) is 190 Å². The minimum absolute atomic E-state index is 0.0295. The third kappa shape index (κ3) is 17.1. The van der Waals surface area contributed by atoms with Gasteiger partial charge in [0.25, 0.3) is 11.8 Å². The summed E-state index contributed by atoms with van der Waals surface area (Å²) in [5.74, 6) is -1.87. The Kier molecular flexibility index (Phi) is 22.8. The van der Waals surface area contributed by atoms with Crippen molar-refractivity contribution in [3.63, 3.8) is 0 Å². The Bertz CT molecular complexity index is 3660. The fourth-order valence-corrected chi connectivity index (χ4v) is 14.2. The first-order valence-electron chi connectivity index (χ1n) is 33.2. The van der Waals surface area contributed by atoms with E-state index in [0.29, 0.717) is 120 Å². The fraction of sp³-hybridized carbons (Fsp3) is 0.446. The minimum Gasteiger partial charge on any atom is -0.465 e. The molecule has 10 rings (SSSR count). The third-order valence-electron chi connectivity index (χ3n) is 20.0. The monoisotopic (exact) mass is 1350 g/mol. The number of nitrogens with zero attached hydrogens (tertiary/aromatic N) is 8. The average molecular weight is 1350 g/mol. The number of halogens is 7. The van der Waals surface area contributed by atoms with Crippen LogP contribution in [0.4, 0.5) is 46.9 Å². The zero-order chi connectivity index (χ0) is 69.2. The number of piperidine rings is 2. The van der Waals surface area contributed by atoms with Crippen LogP contribution in [0.5, 0.6) is 0 Å². The normalized spacial score (nSPS) is 18.2. The number of hydrogen-bond donors (Lipinski definition) is 1. The van der Waals surface area contributed by atoms with Crippen LogP contribution in [-0.2, 0) is 48.9 Å². The molecule has 3 fully saturated rings. The number of likely N-dealkylation sites (tertiary alicyclic amines) is 2. The van der Waals surface area contributed by atoms with Gasteiger partial charge >= 0.3 is 18.4 Å². The zero-order valence-corrected chi connectivity index (χ0v) is 55.3. The number of alkyl halides is 6. The lowest BCUT2D eigenvalue weighted by atomic mass is 9.72. The van der Waals surface area contributed by atoms with Gasteiger partial charge in [-0.25, -0.2) is 9.18 Å². The van der Waals surface area contributed by atoms with Crippen LogP contribution in [0.2, 0.25) is 0 Å². The van der Waals surface area contributed by atoms with E-state index in [2.05, 4.69) is 26.8 Å². The summed E-state index contributed by atoms with van der Waals surface area (Å²) in [6.07, 6.45) is -5.52. The van der Waals surface area contributed by atoms with Gasteiger partial charge in [0.15, 0.2) is 0 Å². The maximum atomic E-state index is 14.2. The van der Waals surface area contributed by atoms with Crippen LogP contribution < -0.4 is 9.80 Å². The maximum Gasteiger partial charge on any atom is 0.416 e. The van der Waals surface area contributed by atoms with Crippen molar-refractivity contribution in [2.75, 3.05) is 123 Å². The largest absolute Gasteiger partial charge is 0.465 e. The highest BCUT2D eigenvalue weighted by molar-refractivity contribution is 5.96. The molecule has 2 atom stereocenters. The van der Waals surface area contributed by atoms with Crippen molar-refractivity contribution < 1.29 is 69.3 Å². The van der Waals surface area contributed by atoms with Crippen molar-refractivity contribution in [1.82, 2.24) is 29.4 Å². The predicted molar refractivity (Wildman–Crippen MR) is 356 cm³/mol. The molecule has 1 N–H and O–H groups in total. The fourth-order valence-electron chi connectivity index (χ4n) is 14.2. The Balaban J connectivity index is 0.631. The lowest BCUT2D eigenvalue weighted by Gasteiger charge is -2.44. The molecule has 16 nitrogen and oxygen atoms in total. The van der Waals surface area contributed by atoms with E-state index in [0.717, 1.165) is 65.3 Å². The summed E-state index contributed by atoms with van der Waals surface area (Å²) in [5.41, 5.74) is 1.11. The standard InChI is InChI=1S/C74H85F7N8O8/c1-82(35-13-12-21-66(90)84(3)43-44-86-38-30-61(31-39-86)89(70(94)95)64-20-11-9-18-62(64)52-15-6-5-7-16-52)60-28-22-53(23-29-60)68(92)85(4)37-14-36-83(2)67(91)49-96-65-47-54-17-8-10-19-63(54)71(65)32-40-87(41-33-71)42-34-72(56-24-26-59(75)27-25-56)50-88(51-97-72)69(93)55-45-57(73(76,77)78)48-58(46-55)74(79,80)81/h5-11,15-20,22-29,45-46,48,61,65H,12-14,21,30-44,47,49-51H2,1-4H3,(H,94,95)/t65-,72+/m0/s1. The molecule has 4 aliphatic rings. The van der Waals surface area contributed by atoms with Crippen LogP contribution in [0, 0.1) is 5.82 Å². The van der Waals surface area contributed by atoms with Gasteiger partial charge in [0.1, 0.15) is 24.8 Å². The Morgan fingerprint density at radius 3 is 1.93 bits per heavy atom. The lowest BCUT2D eigenvalue weighted by Crippen LogP contribution is -2.50. The molecule has 23 heteroatoms. The van der Waals surface area contributed by atoms with E-state index in [1.807, 2.05) is 93.0 Å². The predicted octanol–water partition coefficient (Wildman–Crippen LogP) is 12.6. The highest BCUT2D eigenvalue weighted by atomic mass is 19.4. The van der Waals surface area contributed by atoms with Gasteiger partial charge in [0, 0.05) is 121 Å². The lowest BCUT2D eigenvalue weighted by molar-refractivity contribution is -0.143. The number of likely N-dealkylation sites (N-methyl/N-ethyl adjacent to an activating group) is 2. The topological polar surface area (TPSA) is 150 Å². The van der Waals surface area contributed by atoms with Gasteiger partial charge in [-0.15, -0.1) is 0 Å². The van der Waals surface area contributed by atoms with Crippen molar-refractivity contribution >= 4 is 41.1 Å². The summed E-state index contributed by atoms with van der Waals surface area (Å²) in [5, 5.41) is 10.4. The van der Waals surface area contributed by atoms with Gasteiger partial charge in [-0.1, -0.05) is 84.9 Å². The Morgan fingerprint density at radius 1 is 0.639 bits per heavy atom. The Labute approximate surface area is 562 Å². The van der Waals surface area contributed by atoms with Crippen LogP contribution >= 0.6 is 0 Å². The number of ether oxygens (including phenoxy) is 2. The van der Waals surface area contributed by atoms with Gasteiger partial charge in [0.2, 0.25) is 11.8 Å². The van der Waals surface area contributed by atoms with Gasteiger partial charge in [-0.3, -0.25) is 24.1 Å². The molecule has 0 radical (unpaired) electrons. The highest BCUT2D eigenvalue weighted by Crippen LogP contribution is 2.49. The smallest absolute Gasteiger partial charge is 0.416 e. The number of carbonyl (C=O) groups excluding carboxylic acids is 4. The van der Waals surface area contributed by atoms with Crippen molar-refractivity contribution in [1.29, 1.82) is 0 Å². The van der Waals surface area contributed by atoms with E-state index in [-0.39, 0.29) is 55.5 Å². The molecular formula is C74H85F7N8O8. The van der Waals surface area contributed by atoms with E-state index in [1.54, 1.807) is 40.9 Å². The first-order chi connectivity index (χ1) is 46.3. The van der Waals surface area contributed by atoms with Crippen molar-refractivity contribution in [2.45, 2.75) is 99.7 Å². The van der Waals surface area contributed by atoms with Crippen molar-refractivity contribution in [2.24, 2.45) is 0 Å². The molecule has 518 valence electrons. The second-order valence-electron chi connectivity index (χ2n) is 26.2. The van der Waals surface area contributed by atoms with E-state index in [9.17, 15) is 59.8 Å². The molecule has 0 bridgehead atoms. The van der Waals surface area contributed by atoms with Crippen LogP contribution in [0.25, 0.3) is 11.1 Å². The Morgan fingerprint density at radius 2 is 1.26 bits per heavy atom. The van der Waals surface area contributed by atoms with E-state index >= 15 is 0 Å². The van der Waals surface area contributed by atoms with Gasteiger partial charge in [-0.05, 0) is 154 Å². The summed E-state index contributed by atoms with van der Waals surface area (Å²) in [4.78, 5) is 81.1. The number of carboxylic acid groups (broad SMARTS) is 1. The molecule has 3 aliphatic heterocycles. The molecule has 0 aromatic heterocycles. The molecule has 0 unspecified atom stereocenters. The summed E-state index contributed by atoms with van der Waals surface area (Å²) >= 11 is 0. The zero-order valence-electron chi connectivity index (χ0n) is 55.3. The van der Waals surface area contributed by atoms with Gasteiger partial charge < -0.3 is 48.9 Å². The molecule has 5 amide bonds. The minimum atomic E-state index is -5.15. The average Bonchev–Trinajstić information content (AvgIpc) is 1.61. The van der Waals surface area contributed by atoms with Gasteiger partial charge in [-0.2, -0.15) is 26.3 Å². The second-order valence-corrected chi connectivity index (χ2v) is 26.2. The molecule has 0 saturated carbocycles. The number of amides is 5. The summed E-state index contributed by atoms with van der Waals surface area (Å²) in [7, 11) is 7.27. The molecule has 6 aromatic rings. The number of rotatable bonds is 25. The van der Waals surface area contributed by atoms with Crippen LogP contribution in [-0.4, -0.2) is 190 Å². The third-order valence-corrected chi connectivity index (χ3v) is 20.0. The second kappa shape index (κ2) is 31.0.